The summed E-state index contributed by atoms with van der Waals surface area (Å²) in [6.45, 7) is 4.92. The molecule has 2 heterocycles. The molecular weight excluding hydrogens is 332 g/mol. The average molecular weight is 358 g/mol. The van der Waals surface area contributed by atoms with Crippen LogP contribution in [0.1, 0.15) is 36.8 Å². The Balaban J connectivity index is 1.78. The fourth-order valence-corrected chi connectivity index (χ4v) is 3.94. The Bertz CT molecular complexity index is 731. The molecule has 0 radical (unpaired) electrons. The number of rotatable bonds is 3. The number of anilines is 1. The van der Waals surface area contributed by atoms with E-state index in [0.29, 0.717) is 19.5 Å². The first kappa shape index (κ1) is 18.4. The topological polar surface area (TPSA) is 66.9 Å². The minimum atomic E-state index is -0.522. The third-order valence-corrected chi connectivity index (χ3v) is 5.60. The third kappa shape index (κ3) is 3.32. The molecule has 0 aliphatic carbocycles. The van der Waals surface area contributed by atoms with E-state index in [2.05, 4.69) is 0 Å². The second-order valence-electron chi connectivity index (χ2n) is 7.19. The standard InChI is InChI=1S/C20H26N2O4/c1-13-7-6-9-16(14(13)2)22-12-15(11-18(22)23)19(24)21-10-5-4-8-17(21)20(25)26-3/h6-7,9,15,17H,4-5,8,10-12H2,1-3H3/t15-,17-/m1/s1. The first-order valence-electron chi connectivity index (χ1n) is 9.19. The van der Waals surface area contributed by atoms with Crippen molar-refractivity contribution in [2.45, 2.75) is 45.6 Å². The second-order valence-corrected chi connectivity index (χ2v) is 7.19. The molecule has 2 aliphatic rings. The molecule has 2 atom stereocenters. The van der Waals surface area contributed by atoms with E-state index in [9.17, 15) is 14.4 Å². The zero-order valence-electron chi connectivity index (χ0n) is 15.7. The number of piperidine rings is 1. The number of esters is 1. The van der Waals surface area contributed by atoms with Gasteiger partial charge in [0, 0.05) is 25.2 Å². The smallest absolute Gasteiger partial charge is 0.328 e. The normalized spacial score (nSPS) is 23.3. The van der Waals surface area contributed by atoms with Crippen molar-refractivity contribution >= 4 is 23.5 Å². The van der Waals surface area contributed by atoms with Crippen LogP contribution in [0.15, 0.2) is 18.2 Å². The molecule has 0 unspecified atom stereocenters. The summed E-state index contributed by atoms with van der Waals surface area (Å²) in [5, 5.41) is 0. The Morgan fingerprint density at radius 2 is 1.96 bits per heavy atom. The van der Waals surface area contributed by atoms with Crippen molar-refractivity contribution < 1.29 is 19.1 Å². The van der Waals surface area contributed by atoms with Gasteiger partial charge in [0.05, 0.1) is 13.0 Å². The molecule has 140 valence electrons. The highest BCUT2D eigenvalue weighted by molar-refractivity contribution is 6.01. The third-order valence-electron chi connectivity index (χ3n) is 5.60. The van der Waals surface area contributed by atoms with Crippen molar-refractivity contribution in [2.24, 2.45) is 5.92 Å². The van der Waals surface area contributed by atoms with Gasteiger partial charge in [0.1, 0.15) is 6.04 Å². The van der Waals surface area contributed by atoms with Crippen LogP contribution in [0.3, 0.4) is 0 Å². The maximum absolute atomic E-state index is 13.0. The lowest BCUT2D eigenvalue weighted by Gasteiger charge is -2.35. The summed E-state index contributed by atoms with van der Waals surface area (Å²) >= 11 is 0. The number of aryl methyl sites for hydroxylation is 1. The summed E-state index contributed by atoms with van der Waals surface area (Å²) in [5.41, 5.74) is 3.04. The van der Waals surface area contributed by atoms with Gasteiger partial charge in [-0.1, -0.05) is 12.1 Å². The van der Waals surface area contributed by atoms with E-state index in [4.69, 9.17) is 4.74 Å². The number of ether oxygens (including phenoxy) is 1. The van der Waals surface area contributed by atoms with Crippen LogP contribution in [0, 0.1) is 19.8 Å². The molecule has 0 bridgehead atoms. The number of carbonyl (C=O) groups is 3. The SMILES string of the molecule is COC(=O)[C@H]1CCCCN1C(=O)[C@@H]1CC(=O)N(c2cccc(C)c2C)C1. The van der Waals surface area contributed by atoms with Gasteiger partial charge in [0.15, 0.2) is 0 Å². The summed E-state index contributed by atoms with van der Waals surface area (Å²) in [7, 11) is 1.35. The molecule has 6 heteroatoms. The highest BCUT2D eigenvalue weighted by Gasteiger charge is 2.41. The van der Waals surface area contributed by atoms with Crippen molar-refractivity contribution in [3.8, 4) is 0 Å². The molecule has 2 saturated heterocycles. The summed E-state index contributed by atoms with van der Waals surface area (Å²) < 4.78 is 4.86. The molecule has 0 saturated carbocycles. The number of hydrogen-bond acceptors (Lipinski definition) is 4. The fraction of sp³-hybridized carbons (Fsp3) is 0.550. The zero-order valence-corrected chi connectivity index (χ0v) is 15.7. The molecule has 3 rings (SSSR count). The number of carbonyl (C=O) groups excluding carboxylic acids is 3. The molecule has 0 N–H and O–H groups in total. The summed E-state index contributed by atoms with van der Waals surface area (Å²) in [4.78, 5) is 41.0. The molecule has 0 aromatic heterocycles. The molecule has 2 fully saturated rings. The quantitative estimate of drug-likeness (QED) is 0.777. The van der Waals surface area contributed by atoms with Crippen LogP contribution in [-0.4, -0.2) is 48.9 Å². The van der Waals surface area contributed by atoms with Gasteiger partial charge in [0.25, 0.3) is 0 Å². The predicted molar refractivity (Wildman–Crippen MR) is 97.7 cm³/mol. The molecule has 2 amide bonds. The lowest BCUT2D eigenvalue weighted by Crippen LogP contribution is -2.50. The minimum Gasteiger partial charge on any atom is -0.467 e. The first-order chi connectivity index (χ1) is 12.4. The van der Waals surface area contributed by atoms with Crippen molar-refractivity contribution in [2.75, 3.05) is 25.1 Å². The van der Waals surface area contributed by atoms with E-state index in [1.165, 1.54) is 7.11 Å². The van der Waals surface area contributed by atoms with Crippen LogP contribution in [-0.2, 0) is 19.1 Å². The van der Waals surface area contributed by atoms with Crippen LogP contribution in [0.4, 0.5) is 5.69 Å². The molecule has 1 aromatic carbocycles. The van der Waals surface area contributed by atoms with Crippen molar-refractivity contribution in [3.63, 3.8) is 0 Å². The second kappa shape index (κ2) is 7.48. The van der Waals surface area contributed by atoms with E-state index >= 15 is 0 Å². The molecule has 0 spiro atoms. The summed E-state index contributed by atoms with van der Waals surface area (Å²) in [5.74, 6) is -0.925. The minimum absolute atomic E-state index is 0.0383. The van der Waals surface area contributed by atoms with E-state index in [-0.39, 0.29) is 24.2 Å². The number of benzene rings is 1. The highest BCUT2D eigenvalue weighted by Crippen LogP contribution is 2.31. The maximum atomic E-state index is 13.0. The van der Waals surface area contributed by atoms with Crippen LogP contribution in [0.5, 0.6) is 0 Å². The van der Waals surface area contributed by atoms with Gasteiger partial charge in [-0.2, -0.15) is 0 Å². The van der Waals surface area contributed by atoms with E-state index in [0.717, 1.165) is 29.7 Å². The van der Waals surface area contributed by atoms with Crippen LogP contribution in [0.2, 0.25) is 0 Å². The lowest BCUT2D eigenvalue weighted by molar-refractivity contribution is -0.156. The van der Waals surface area contributed by atoms with Gasteiger partial charge in [-0.15, -0.1) is 0 Å². The largest absolute Gasteiger partial charge is 0.467 e. The number of nitrogens with zero attached hydrogens (tertiary/aromatic N) is 2. The van der Waals surface area contributed by atoms with E-state index < -0.39 is 12.0 Å². The van der Waals surface area contributed by atoms with Crippen LogP contribution in [0.25, 0.3) is 0 Å². The van der Waals surface area contributed by atoms with E-state index in [1.807, 2.05) is 32.0 Å². The number of amides is 2. The Kier molecular flexibility index (Phi) is 5.30. The fourth-order valence-electron chi connectivity index (χ4n) is 3.94. The molecule has 26 heavy (non-hydrogen) atoms. The Morgan fingerprint density at radius 1 is 1.19 bits per heavy atom. The van der Waals surface area contributed by atoms with Gasteiger partial charge < -0.3 is 14.5 Å². The number of likely N-dealkylation sites (tertiary alicyclic amines) is 1. The number of methoxy groups -OCH3 is 1. The van der Waals surface area contributed by atoms with E-state index in [1.54, 1.807) is 9.80 Å². The van der Waals surface area contributed by atoms with Crippen molar-refractivity contribution in [1.29, 1.82) is 0 Å². The first-order valence-corrected chi connectivity index (χ1v) is 9.19. The Morgan fingerprint density at radius 3 is 2.69 bits per heavy atom. The maximum Gasteiger partial charge on any atom is 0.328 e. The average Bonchev–Trinajstić information content (AvgIpc) is 3.04. The van der Waals surface area contributed by atoms with Gasteiger partial charge >= 0.3 is 5.97 Å². The number of hydrogen-bond donors (Lipinski definition) is 0. The molecule has 6 nitrogen and oxygen atoms in total. The van der Waals surface area contributed by atoms with Crippen LogP contribution >= 0.6 is 0 Å². The monoisotopic (exact) mass is 358 g/mol. The van der Waals surface area contributed by atoms with Crippen LogP contribution < -0.4 is 4.90 Å². The predicted octanol–water partition coefficient (Wildman–Crippen LogP) is 2.21. The van der Waals surface area contributed by atoms with Gasteiger partial charge in [-0.05, 0) is 50.3 Å². The zero-order chi connectivity index (χ0) is 18.8. The molecule has 1 aromatic rings. The summed E-state index contributed by atoms with van der Waals surface area (Å²) in [6.07, 6.45) is 2.60. The molecular formula is C20H26N2O4. The Labute approximate surface area is 154 Å². The highest BCUT2D eigenvalue weighted by atomic mass is 16.5. The van der Waals surface area contributed by atoms with Gasteiger partial charge in [0.2, 0.25) is 11.8 Å². The summed E-state index contributed by atoms with van der Waals surface area (Å²) in [6, 6.07) is 5.34. The van der Waals surface area contributed by atoms with Gasteiger partial charge in [-0.25, -0.2) is 4.79 Å². The Hall–Kier alpha value is -2.37. The van der Waals surface area contributed by atoms with Gasteiger partial charge in [-0.3, -0.25) is 9.59 Å². The molecule has 2 aliphatic heterocycles. The lowest BCUT2D eigenvalue weighted by atomic mass is 9.98. The van der Waals surface area contributed by atoms with Crippen molar-refractivity contribution in [1.82, 2.24) is 4.90 Å². The van der Waals surface area contributed by atoms with Crippen molar-refractivity contribution in [3.05, 3.63) is 29.3 Å².